The van der Waals surface area contributed by atoms with E-state index in [4.69, 9.17) is 4.74 Å². The van der Waals surface area contributed by atoms with E-state index in [1.165, 1.54) is 0 Å². The van der Waals surface area contributed by atoms with E-state index < -0.39 is 0 Å². The Morgan fingerprint density at radius 2 is 2.00 bits per heavy atom. The first-order valence-corrected chi connectivity index (χ1v) is 4.56. The minimum atomic E-state index is -0.200. The lowest BCUT2D eigenvalue weighted by Crippen LogP contribution is -2.37. The molecule has 1 amide bonds. The number of carbonyl (C=O) groups excluding carboxylic acids is 1. The van der Waals surface area contributed by atoms with E-state index in [9.17, 15) is 4.79 Å². The van der Waals surface area contributed by atoms with Gasteiger partial charge in [-0.25, -0.2) is 4.79 Å². The number of nitrogens with zero attached hydrogens (tertiary/aromatic N) is 1. The van der Waals surface area contributed by atoms with Crippen LogP contribution in [0.2, 0.25) is 0 Å². The van der Waals surface area contributed by atoms with Crippen LogP contribution >= 0.6 is 0 Å². The van der Waals surface area contributed by atoms with Gasteiger partial charge < -0.3 is 9.64 Å². The van der Waals surface area contributed by atoms with Gasteiger partial charge in [-0.05, 0) is 27.2 Å². The first kappa shape index (κ1) is 11.3. The summed E-state index contributed by atoms with van der Waals surface area (Å²) >= 11 is 0. The van der Waals surface area contributed by atoms with Gasteiger partial charge in [-0.2, -0.15) is 0 Å². The lowest BCUT2D eigenvalue weighted by molar-refractivity contribution is 0.0961. The van der Waals surface area contributed by atoms with Crippen molar-refractivity contribution in [2.45, 2.75) is 40.2 Å². The molecule has 0 aliphatic carbocycles. The molecular weight excluding hydrogens is 154 g/mol. The lowest BCUT2D eigenvalue weighted by atomic mass is 10.3. The zero-order valence-electron chi connectivity index (χ0n) is 8.46. The molecule has 12 heavy (non-hydrogen) atoms. The largest absolute Gasteiger partial charge is 0.450 e. The third-order valence-corrected chi connectivity index (χ3v) is 1.59. The highest BCUT2D eigenvalue weighted by Crippen LogP contribution is 2.02. The number of hydrogen-bond donors (Lipinski definition) is 0. The zero-order valence-corrected chi connectivity index (χ0v) is 8.46. The molecule has 0 radical (unpaired) electrons. The van der Waals surface area contributed by atoms with Gasteiger partial charge in [0, 0.05) is 12.6 Å². The van der Waals surface area contributed by atoms with Crippen LogP contribution in [0, 0.1) is 0 Å². The van der Waals surface area contributed by atoms with Gasteiger partial charge in [-0.1, -0.05) is 6.92 Å². The Balaban J connectivity index is 4.00. The van der Waals surface area contributed by atoms with Gasteiger partial charge in [0.25, 0.3) is 0 Å². The summed E-state index contributed by atoms with van der Waals surface area (Å²) in [5, 5.41) is 0. The Kier molecular flexibility index (Phi) is 5.51. The van der Waals surface area contributed by atoms with Crippen molar-refractivity contribution in [1.29, 1.82) is 0 Å². The van der Waals surface area contributed by atoms with Gasteiger partial charge >= 0.3 is 6.09 Å². The molecule has 0 aliphatic heterocycles. The van der Waals surface area contributed by atoms with E-state index >= 15 is 0 Å². The SMILES string of the molecule is CCCN(C(=O)OCC)C(C)C. The second-order valence-electron chi connectivity index (χ2n) is 2.99. The Bertz CT molecular complexity index is 134. The Hall–Kier alpha value is -0.730. The molecule has 0 aromatic carbocycles. The van der Waals surface area contributed by atoms with E-state index in [0.29, 0.717) is 6.61 Å². The predicted molar refractivity (Wildman–Crippen MR) is 49.2 cm³/mol. The third kappa shape index (κ3) is 3.60. The number of amides is 1. The van der Waals surface area contributed by atoms with E-state index in [2.05, 4.69) is 6.92 Å². The van der Waals surface area contributed by atoms with Gasteiger partial charge in [0.05, 0.1) is 6.61 Å². The van der Waals surface area contributed by atoms with Crippen molar-refractivity contribution in [2.24, 2.45) is 0 Å². The first-order valence-electron chi connectivity index (χ1n) is 4.56. The molecule has 72 valence electrons. The quantitative estimate of drug-likeness (QED) is 0.652. The maximum atomic E-state index is 11.3. The fraction of sp³-hybridized carbons (Fsp3) is 0.889. The van der Waals surface area contributed by atoms with Gasteiger partial charge in [0.15, 0.2) is 0 Å². The summed E-state index contributed by atoms with van der Waals surface area (Å²) in [5.74, 6) is 0. The summed E-state index contributed by atoms with van der Waals surface area (Å²) in [6.45, 7) is 9.08. The van der Waals surface area contributed by atoms with Crippen LogP contribution in [0.15, 0.2) is 0 Å². The van der Waals surface area contributed by atoms with Gasteiger partial charge in [0.2, 0.25) is 0 Å². The van der Waals surface area contributed by atoms with Crippen molar-refractivity contribution >= 4 is 6.09 Å². The molecule has 0 atom stereocenters. The van der Waals surface area contributed by atoms with Crippen LogP contribution in [0.4, 0.5) is 4.79 Å². The average molecular weight is 173 g/mol. The van der Waals surface area contributed by atoms with E-state index in [0.717, 1.165) is 13.0 Å². The summed E-state index contributed by atoms with van der Waals surface area (Å²) in [7, 11) is 0. The van der Waals surface area contributed by atoms with Crippen LogP contribution in [-0.4, -0.2) is 30.2 Å². The first-order chi connectivity index (χ1) is 5.63. The zero-order chi connectivity index (χ0) is 9.56. The minimum absolute atomic E-state index is 0.200. The average Bonchev–Trinajstić information content (AvgIpc) is 1.99. The fourth-order valence-electron chi connectivity index (χ4n) is 1.01. The van der Waals surface area contributed by atoms with Crippen molar-refractivity contribution in [1.82, 2.24) is 4.90 Å². The van der Waals surface area contributed by atoms with Crippen molar-refractivity contribution in [3.05, 3.63) is 0 Å². The molecule has 0 aromatic rings. The summed E-state index contributed by atoms with van der Waals surface area (Å²) in [4.78, 5) is 13.0. The molecule has 0 heterocycles. The van der Waals surface area contributed by atoms with Crippen LogP contribution in [0.25, 0.3) is 0 Å². The molecule has 0 saturated carbocycles. The van der Waals surface area contributed by atoms with Gasteiger partial charge in [-0.3, -0.25) is 0 Å². The van der Waals surface area contributed by atoms with Crippen molar-refractivity contribution in [3.63, 3.8) is 0 Å². The smallest absolute Gasteiger partial charge is 0.409 e. The van der Waals surface area contributed by atoms with Gasteiger partial charge in [0.1, 0.15) is 0 Å². The summed E-state index contributed by atoms with van der Waals surface area (Å²) in [5.41, 5.74) is 0. The normalized spacial score (nSPS) is 10.1. The topological polar surface area (TPSA) is 29.5 Å². The van der Waals surface area contributed by atoms with Crippen molar-refractivity contribution in [2.75, 3.05) is 13.2 Å². The fourth-order valence-corrected chi connectivity index (χ4v) is 1.01. The van der Waals surface area contributed by atoms with E-state index in [-0.39, 0.29) is 12.1 Å². The maximum Gasteiger partial charge on any atom is 0.409 e. The van der Waals surface area contributed by atoms with Crippen LogP contribution < -0.4 is 0 Å². The summed E-state index contributed by atoms with van der Waals surface area (Å²) in [6, 6.07) is 0.226. The number of carbonyl (C=O) groups is 1. The molecule has 0 aromatic heterocycles. The van der Waals surface area contributed by atoms with Crippen LogP contribution in [0.1, 0.15) is 34.1 Å². The molecular formula is C9H19NO2. The molecule has 0 bridgehead atoms. The highest BCUT2D eigenvalue weighted by molar-refractivity contribution is 5.67. The molecule has 0 fully saturated rings. The second kappa shape index (κ2) is 5.86. The summed E-state index contributed by atoms with van der Waals surface area (Å²) < 4.78 is 4.90. The standard InChI is InChI=1S/C9H19NO2/c1-5-7-10(8(3)4)9(11)12-6-2/h8H,5-7H2,1-4H3. The third-order valence-electron chi connectivity index (χ3n) is 1.59. The molecule has 0 aliphatic rings. The molecule has 0 saturated heterocycles. The second-order valence-corrected chi connectivity index (χ2v) is 2.99. The lowest BCUT2D eigenvalue weighted by Gasteiger charge is -2.24. The Labute approximate surface area is 74.7 Å². The Morgan fingerprint density at radius 1 is 1.42 bits per heavy atom. The number of ether oxygens (including phenoxy) is 1. The molecule has 0 rings (SSSR count). The van der Waals surface area contributed by atoms with Gasteiger partial charge in [-0.15, -0.1) is 0 Å². The van der Waals surface area contributed by atoms with E-state index in [1.54, 1.807) is 4.90 Å². The van der Waals surface area contributed by atoms with Crippen LogP contribution in [0.3, 0.4) is 0 Å². The molecule has 3 nitrogen and oxygen atoms in total. The van der Waals surface area contributed by atoms with E-state index in [1.807, 2.05) is 20.8 Å². The number of hydrogen-bond acceptors (Lipinski definition) is 2. The van der Waals surface area contributed by atoms with Crippen LogP contribution in [0.5, 0.6) is 0 Å². The Morgan fingerprint density at radius 3 is 2.33 bits per heavy atom. The highest BCUT2D eigenvalue weighted by Gasteiger charge is 2.15. The molecule has 0 unspecified atom stereocenters. The predicted octanol–water partition coefficient (Wildman–Crippen LogP) is 2.26. The molecule has 0 spiro atoms. The molecule has 3 heteroatoms. The van der Waals surface area contributed by atoms with Crippen molar-refractivity contribution < 1.29 is 9.53 Å². The maximum absolute atomic E-state index is 11.3. The highest BCUT2D eigenvalue weighted by atomic mass is 16.6. The minimum Gasteiger partial charge on any atom is -0.450 e. The monoisotopic (exact) mass is 173 g/mol. The van der Waals surface area contributed by atoms with Crippen molar-refractivity contribution in [3.8, 4) is 0 Å². The summed E-state index contributed by atoms with van der Waals surface area (Å²) in [6.07, 6.45) is 0.770. The molecule has 0 N–H and O–H groups in total. The number of rotatable bonds is 4. The van der Waals surface area contributed by atoms with Crippen LogP contribution in [-0.2, 0) is 4.74 Å².